The molecule has 6 nitrogen and oxygen atoms in total. The zero-order valence-electron chi connectivity index (χ0n) is 12.0. The summed E-state index contributed by atoms with van der Waals surface area (Å²) in [6.07, 6.45) is 1.47. The summed E-state index contributed by atoms with van der Waals surface area (Å²) in [4.78, 5) is 27.8. The number of hydrogen-bond donors (Lipinski definition) is 1. The van der Waals surface area contributed by atoms with Crippen molar-refractivity contribution in [2.24, 2.45) is 0 Å². The molecule has 0 aliphatic heterocycles. The fourth-order valence-electron chi connectivity index (χ4n) is 2.57. The molecule has 112 valence electrons. The van der Waals surface area contributed by atoms with Crippen LogP contribution < -0.4 is 11.2 Å². The molecule has 1 N–H and O–H groups in total. The molecule has 6 heteroatoms. The van der Waals surface area contributed by atoms with E-state index in [1.54, 1.807) is 28.9 Å². The molecule has 2 aromatic carbocycles. The number of para-hydroxylation sites is 2. The fraction of sp³-hybridized carbons (Fsp3) is 0. The van der Waals surface area contributed by atoms with Crippen molar-refractivity contribution in [2.75, 3.05) is 0 Å². The zero-order chi connectivity index (χ0) is 15.8. The van der Waals surface area contributed by atoms with Crippen molar-refractivity contribution in [3.63, 3.8) is 0 Å². The minimum absolute atomic E-state index is 0.359. The number of rotatable bonds is 2. The Bertz CT molecular complexity index is 1090. The van der Waals surface area contributed by atoms with Gasteiger partial charge in [0.1, 0.15) is 5.39 Å². The molecule has 0 atom stereocenters. The molecule has 4 rings (SSSR count). The predicted octanol–water partition coefficient (Wildman–Crippen LogP) is 1.86. The van der Waals surface area contributed by atoms with Gasteiger partial charge in [-0.15, -0.1) is 0 Å². The highest BCUT2D eigenvalue weighted by atomic mass is 16.2. The number of hydrogen-bond acceptors (Lipinski definition) is 3. The molecule has 2 aromatic heterocycles. The van der Waals surface area contributed by atoms with E-state index in [4.69, 9.17) is 0 Å². The highest BCUT2D eigenvalue weighted by molar-refractivity contribution is 5.75. The lowest BCUT2D eigenvalue weighted by Gasteiger charge is -2.06. The van der Waals surface area contributed by atoms with E-state index in [9.17, 15) is 9.59 Å². The molecule has 0 unspecified atom stereocenters. The van der Waals surface area contributed by atoms with Crippen LogP contribution >= 0.6 is 0 Å². The number of nitrogens with one attached hydrogen (secondary N) is 1. The third-order valence-corrected chi connectivity index (χ3v) is 3.65. The van der Waals surface area contributed by atoms with Crippen LogP contribution in [0.3, 0.4) is 0 Å². The third kappa shape index (κ3) is 2.08. The van der Waals surface area contributed by atoms with E-state index < -0.39 is 11.2 Å². The van der Waals surface area contributed by atoms with Crippen LogP contribution in [-0.4, -0.2) is 19.3 Å². The second kappa shape index (κ2) is 5.10. The van der Waals surface area contributed by atoms with Crippen LogP contribution in [-0.2, 0) is 0 Å². The van der Waals surface area contributed by atoms with Gasteiger partial charge in [0.15, 0.2) is 5.65 Å². The van der Waals surface area contributed by atoms with E-state index in [-0.39, 0.29) is 0 Å². The molecule has 0 radical (unpaired) electrons. The number of benzene rings is 2. The normalized spacial score (nSPS) is 11.0. The van der Waals surface area contributed by atoms with Gasteiger partial charge < -0.3 is 0 Å². The predicted molar refractivity (Wildman–Crippen MR) is 87.3 cm³/mol. The number of aromatic nitrogens is 4. The molecule has 0 aliphatic rings. The van der Waals surface area contributed by atoms with Crippen molar-refractivity contribution in [1.29, 1.82) is 0 Å². The van der Waals surface area contributed by atoms with Gasteiger partial charge in [0, 0.05) is 0 Å². The molecule has 0 bridgehead atoms. The third-order valence-electron chi connectivity index (χ3n) is 3.65. The van der Waals surface area contributed by atoms with Crippen molar-refractivity contribution in [3.8, 4) is 11.4 Å². The van der Waals surface area contributed by atoms with E-state index in [2.05, 4.69) is 10.1 Å². The first kappa shape index (κ1) is 13.3. The van der Waals surface area contributed by atoms with Crippen LogP contribution in [0.4, 0.5) is 0 Å². The van der Waals surface area contributed by atoms with Crippen molar-refractivity contribution >= 4 is 11.0 Å². The number of aromatic amines is 1. The Kier molecular flexibility index (Phi) is 2.94. The smallest absolute Gasteiger partial charge is 0.291 e. The monoisotopic (exact) mass is 304 g/mol. The van der Waals surface area contributed by atoms with Crippen LogP contribution in [0.25, 0.3) is 22.4 Å². The van der Waals surface area contributed by atoms with Crippen LogP contribution in [0.2, 0.25) is 0 Å². The second-order valence-electron chi connectivity index (χ2n) is 5.06. The molecule has 0 saturated heterocycles. The summed E-state index contributed by atoms with van der Waals surface area (Å²) < 4.78 is 2.66. The van der Waals surface area contributed by atoms with Crippen molar-refractivity contribution < 1.29 is 0 Å². The zero-order valence-corrected chi connectivity index (χ0v) is 12.0. The number of H-pyrrole nitrogens is 1. The topological polar surface area (TPSA) is 72.7 Å². The van der Waals surface area contributed by atoms with Gasteiger partial charge in [-0.1, -0.05) is 36.4 Å². The second-order valence-corrected chi connectivity index (χ2v) is 5.06. The molecule has 4 aromatic rings. The quantitative estimate of drug-likeness (QED) is 0.614. The van der Waals surface area contributed by atoms with Crippen LogP contribution in [0.5, 0.6) is 0 Å². The molecular weight excluding hydrogens is 292 g/mol. The standard InChI is InChI=1S/C17H12N4O2/c22-16-14-11-18-21(13-9-5-2-6-10-13)15(14)19-17(23)20(16)12-7-3-1-4-8-12/h1-11H,(H,19,23). The van der Waals surface area contributed by atoms with Gasteiger partial charge in [0.05, 0.1) is 17.6 Å². The summed E-state index contributed by atoms with van der Waals surface area (Å²) in [5.41, 5.74) is 0.796. The van der Waals surface area contributed by atoms with Crippen LogP contribution in [0.15, 0.2) is 76.4 Å². The Morgan fingerprint density at radius 3 is 2.09 bits per heavy atom. The van der Waals surface area contributed by atoms with Gasteiger partial charge in [-0.3, -0.25) is 9.78 Å². The van der Waals surface area contributed by atoms with Crippen LogP contribution in [0.1, 0.15) is 0 Å². The van der Waals surface area contributed by atoms with E-state index in [0.29, 0.717) is 16.7 Å². The number of nitrogens with zero attached hydrogens (tertiary/aromatic N) is 3. The summed E-state index contributed by atoms with van der Waals surface area (Å²) in [6.45, 7) is 0. The van der Waals surface area contributed by atoms with Gasteiger partial charge in [0.2, 0.25) is 0 Å². The Morgan fingerprint density at radius 2 is 1.43 bits per heavy atom. The first-order chi connectivity index (χ1) is 11.3. The van der Waals surface area contributed by atoms with Crippen molar-refractivity contribution in [2.45, 2.75) is 0 Å². The Labute approximate surface area is 130 Å². The highest BCUT2D eigenvalue weighted by Crippen LogP contribution is 2.13. The molecular formula is C17H12N4O2. The van der Waals surface area contributed by atoms with Gasteiger partial charge in [-0.2, -0.15) is 5.10 Å². The maximum Gasteiger partial charge on any atom is 0.334 e. The Hall–Kier alpha value is -3.41. The van der Waals surface area contributed by atoms with Crippen LogP contribution in [0, 0.1) is 0 Å². The van der Waals surface area contributed by atoms with E-state index in [1.807, 2.05) is 36.4 Å². The highest BCUT2D eigenvalue weighted by Gasteiger charge is 2.14. The van der Waals surface area contributed by atoms with Gasteiger partial charge in [0.25, 0.3) is 5.56 Å². The minimum Gasteiger partial charge on any atom is -0.291 e. The maximum atomic E-state index is 12.7. The molecule has 0 amide bonds. The lowest BCUT2D eigenvalue weighted by atomic mass is 10.3. The Balaban J connectivity index is 2.03. The maximum absolute atomic E-state index is 12.7. The van der Waals surface area contributed by atoms with Crippen molar-refractivity contribution in [3.05, 3.63) is 87.7 Å². The fourth-order valence-corrected chi connectivity index (χ4v) is 2.57. The molecule has 23 heavy (non-hydrogen) atoms. The Morgan fingerprint density at radius 1 is 0.826 bits per heavy atom. The molecule has 2 heterocycles. The molecule has 0 aliphatic carbocycles. The van der Waals surface area contributed by atoms with Gasteiger partial charge >= 0.3 is 5.69 Å². The molecule has 0 fully saturated rings. The summed E-state index contributed by atoms with van der Waals surface area (Å²) in [5.74, 6) is 0. The summed E-state index contributed by atoms with van der Waals surface area (Å²) in [6, 6.07) is 18.1. The largest absolute Gasteiger partial charge is 0.334 e. The summed E-state index contributed by atoms with van der Waals surface area (Å²) in [5, 5.41) is 4.59. The molecule has 0 saturated carbocycles. The summed E-state index contributed by atoms with van der Waals surface area (Å²) in [7, 11) is 0. The van der Waals surface area contributed by atoms with Gasteiger partial charge in [-0.05, 0) is 24.3 Å². The number of fused-ring (bicyclic) bond motifs is 1. The summed E-state index contributed by atoms with van der Waals surface area (Å²) >= 11 is 0. The lowest BCUT2D eigenvalue weighted by Crippen LogP contribution is -2.33. The van der Waals surface area contributed by atoms with E-state index >= 15 is 0 Å². The average molecular weight is 304 g/mol. The first-order valence-electron chi connectivity index (χ1n) is 7.09. The van der Waals surface area contributed by atoms with E-state index in [0.717, 1.165) is 10.3 Å². The van der Waals surface area contributed by atoms with Crippen molar-refractivity contribution in [1.82, 2.24) is 19.3 Å². The van der Waals surface area contributed by atoms with E-state index in [1.165, 1.54) is 6.20 Å². The van der Waals surface area contributed by atoms with Gasteiger partial charge in [-0.25, -0.2) is 14.0 Å². The first-order valence-corrected chi connectivity index (χ1v) is 7.09. The minimum atomic E-state index is -0.494. The molecule has 0 spiro atoms. The lowest BCUT2D eigenvalue weighted by molar-refractivity contribution is 0.862. The SMILES string of the molecule is O=c1[nH]c2c(cnn2-c2ccccc2)c(=O)n1-c1ccccc1. The average Bonchev–Trinajstić information content (AvgIpc) is 3.00.